The molecule has 3 heteroatoms. The van der Waals surface area contributed by atoms with E-state index in [1.54, 1.807) is 0 Å². The van der Waals surface area contributed by atoms with Crippen molar-refractivity contribution in [1.82, 2.24) is 0 Å². The number of halogens is 1. The molecular weight excluding hydrogens is 244 g/mol. The predicted molar refractivity (Wildman–Crippen MR) is 60.5 cm³/mol. The lowest BCUT2D eigenvalue weighted by Gasteiger charge is -2.23. The van der Waals surface area contributed by atoms with Crippen LogP contribution in [0.4, 0.5) is 0 Å². The van der Waals surface area contributed by atoms with Gasteiger partial charge in [0.2, 0.25) is 0 Å². The molecule has 0 bridgehead atoms. The molecule has 14 heavy (non-hydrogen) atoms. The van der Waals surface area contributed by atoms with E-state index in [9.17, 15) is 4.79 Å². The predicted octanol–water partition coefficient (Wildman–Crippen LogP) is 3.06. The molecule has 0 heterocycles. The zero-order valence-corrected chi connectivity index (χ0v) is 10.2. The summed E-state index contributed by atoms with van der Waals surface area (Å²) in [7, 11) is 1.48. The van der Waals surface area contributed by atoms with Gasteiger partial charge in [0, 0.05) is 5.33 Å². The van der Waals surface area contributed by atoms with Crippen molar-refractivity contribution in [2.45, 2.75) is 32.1 Å². The summed E-state index contributed by atoms with van der Waals surface area (Å²) in [6.07, 6.45) is 9.21. The first-order valence-electron chi connectivity index (χ1n) is 5.04. The van der Waals surface area contributed by atoms with Crippen LogP contribution in [0.25, 0.3) is 0 Å². The molecule has 1 aliphatic rings. The number of carbonyl (C=O) groups is 1. The Hall–Kier alpha value is -0.310. The van der Waals surface area contributed by atoms with Gasteiger partial charge in [-0.1, -0.05) is 40.9 Å². The third-order valence-corrected chi connectivity index (χ3v) is 3.32. The Bertz CT molecular complexity index is 217. The van der Waals surface area contributed by atoms with Crippen LogP contribution in [0, 0.1) is 5.41 Å². The molecule has 0 unspecified atom stereocenters. The molecular formula is C11H17BrO2. The summed E-state index contributed by atoms with van der Waals surface area (Å²) in [6.45, 7) is 0. The summed E-state index contributed by atoms with van der Waals surface area (Å²) in [4.78, 5) is 11.7. The SMILES string of the molecule is COC(=O)C1(C/C=C/CBr)CCCC1. The van der Waals surface area contributed by atoms with Gasteiger partial charge in [0.05, 0.1) is 12.5 Å². The van der Waals surface area contributed by atoms with E-state index in [2.05, 4.69) is 22.0 Å². The summed E-state index contributed by atoms with van der Waals surface area (Å²) >= 11 is 3.33. The number of rotatable bonds is 4. The lowest BCUT2D eigenvalue weighted by Crippen LogP contribution is -2.28. The van der Waals surface area contributed by atoms with E-state index >= 15 is 0 Å². The molecule has 0 saturated heterocycles. The highest BCUT2D eigenvalue weighted by Gasteiger charge is 2.40. The van der Waals surface area contributed by atoms with Crippen molar-refractivity contribution in [1.29, 1.82) is 0 Å². The van der Waals surface area contributed by atoms with Crippen LogP contribution in [0.3, 0.4) is 0 Å². The quantitative estimate of drug-likeness (QED) is 0.441. The maximum Gasteiger partial charge on any atom is 0.312 e. The van der Waals surface area contributed by atoms with Gasteiger partial charge >= 0.3 is 5.97 Å². The van der Waals surface area contributed by atoms with Crippen LogP contribution in [0.1, 0.15) is 32.1 Å². The molecule has 0 aliphatic heterocycles. The lowest BCUT2D eigenvalue weighted by molar-refractivity contribution is -0.152. The monoisotopic (exact) mass is 260 g/mol. The van der Waals surface area contributed by atoms with Crippen molar-refractivity contribution in [2.24, 2.45) is 5.41 Å². The van der Waals surface area contributed by atoms with E-state index in [-0.39, 0.29) is 11.4 Å². The Morgan fingerprint density at radius 2 is 2.07 bits per heavy atom. The summed E-state index contributed by atoms with van der Waals surface area (Å²) in [5.74, 6) is -0.0331. The molecule has 0 amide bonds. The first-order valence-corrected chi connectivity index (χ1v) is 6.17. The third kappa shape index (κ3) is 2.59. The second-order valence-electron chi connectivity index (χ2n) is 3.81. The van der Waals surface area contributed by atoms with Gasteiger partial charge in [-0.2, -0.15) is 0 Å². The number of ether oxygens (including phenoxy) is 1. The Balaban J connectivity index is 2.62. The lowest BCUT2D eigenvalue weighted by atomic mass is 9.82. The molecule has 0 aromatic rings. The fourth-order valence-electron chi connectivity index (χ4n) is 2.13. The minimum absolute atomic E-state index is 0.0331. The standard InChI is InChI=1S/C11H17BrO2/c1-14-10(13)11(6-2-3-7-11)8-4-5-9-12/h4-5H,2-3,6-9H2,1H3/b5-4+. The highest BCUT2D eigenvalue weighted by atomic mass is 79.9. The smallest absolute Gasteiger partial charge is 0.312 e. The molecule has 80 valence electrons. The number of hydrogen-bond acceptors (Lipinski definition) is 2. The van der Waals surface area contributed by atoms with Gasteiger partial charge < -0.3 is 4.74 Å². The largest absolute Gasteiger partial charge is 0.469 e. The number of alkyl halides is 1. The van der Waals surface area contributed by atoms with Gasteiger partial charge in [-0.25, -0.2) is 0 Å². The van der Waals surface area contributed by atoms with E-state index in [0.717, 1.165) is 37.4 Å². The normalized spacial score (nSPS) is 20.1. The molecule has 1 aliphatic carbocycles. The van der Waals surface area contributed by atoms with Crippen LogP contribution in [0.15, 0.2) is 12.2 Å². The summed E-state index contributed by atoms with van der Waals surface area (Å²) in [5.41, 5.74) is -0.215. The second-order valence-corrected chi connectivity index (χ2v) is 4.46. The third-order valence-electron chi connectivity index (χ3n) is 2.94. The molecule has 0 radical (unpaired) electrons. The van der Waals surface area contributed by atoms with Gasteiger partial charge in [0.15, 0.2) is 0 Å². The fraction of sp³-hybridized carbons (Fsp3) is 0.727. The summed E-state index contributed by atoms with van der Waals surface area (Å²) in [5, 5.41) is 0.851. The molecule has 0 atom stereocenters. The van der Waals surface area contributed by atoms with Crippen molar-refractivity contribution in [3.63, 3.8) is 0 Å². The number of methoxy groups -OCH3 is 1. The van der Waals surface area contributed by atoms with Crippen LogP contribution >= 0.6 is 15.9 Å². The van der Waals surface area contributed by atoms with E-state index in [4.69, 9.17) is 4.74 Å². The minimum Gasteiger partial charge on any atom is -0.469 e. The van der Waals surface area contributed by atoms with Gasteiger partial charge in [-0.3, -0.25) is 4.79 Å². The molecule has 0 aromatic heterocycles. The first kappa shape index (κ1) is 11.8. The average Bonchev–Trinajstić information content (AvgIpc) is 2.67. The van der Waals surface area contributed by atoms with Gasteiger partial charge in [-0.15, -0.1) is 0 Å². The molecule has 0 spiro atoms. The van der Waals surface area contributed by atoms with Crippen molar-refractivity contribution in [3.8, 4) is 0 Å². The second kappa shape index (κ2) is 5.54. The van der Waals surface area contributed by atoms with Crippen molar-refractivity contribution < 1.29 is 9.53 Å². The summed E-state index contributed by atoms with van der Waals surface area (Å²) in [6, 6.07) is 0. The molecule has 1 fully saturated rings. The number of esters is 1. The van der Waals surface area contributed by atoms with Crippen LogP contribution in [-0.4, -0.2) is 18.4 Å². The Morgan fingerprint density at radius 3 is 2.57 bits per heavy atom. The zero-order chi connectivity index (χ0) is 10.4. The number of hydrogen-bond donors (Lipinski definition) is 0. The molecule has 0 aromatic carbocycles. The van der Waals surface area contributed by atoms with Crippen molar-refractivity contribution in [3.05, 3.63) is 12.2 Å². The average molecular weight is 261 g/mol. The van der Waals surface area contributed by atoms with Crippen LogP contribution in [0.5, 0.6) is 0 Å². The minimum atomic E-state index is -0.215. The van der Waals surface area contributed by atoms with Crippen LogP contribution < -0.4 is 0 Å². The van der Waals surface area contributed by atoms with E-state index < -0.39 is 0 Å². The Morgan fingerprint density at radius 1 is 1.43 bits per heavy atom. The van der Waals surface area contributed by atoms with Gasteiger partial charge in [0.25, 0.3) is 0 Å². The fourth-order valence-corrected chi connectivity index (χ4v) is 2.40. The van der Waals surface area contributed by atoms with E-state index in [0.29, 0.717) is 0 Å². The van der Waals surface area contributed by atoms with Crippen molar-refractivity contribution >= 4 is 21.9 Å². The van der Waals surface area contributed by atoms with E-state index in [1.165, 1.54) is 7.11 Å². The topological polar surface area (TPSA) is 26.3 Å². The molecule has 2 nitrogen and oxygen atoms in total. The van der Waals surface area contributed by atoms with Crippen molar-refractivity contribution in [2.75, 3.05) is 12.4 Å². The molecule has 1 saturated carbocycles. The highest BCUT2D eigenvalue weighted by Crippen LogP contribution is 2.42. The van der Waals surface area contributed by atoms with Crippen LogP contribution in [-0.2, 0) is 9.53 Å². The summed E-state index contributed by atoms with van der Waals surface area (Å²) < 4.78 is 4.88. The molecule has 1 rings (SSSR count). The zero-order valence-electron chi connectivity index (χ0n) is 8.59. The Kier molecular flexibility index (Phi) is 4.66. The van der Waals surface area contributed by atoms with Crippen LogP contribution in [0.2, 0.25) is 0 Å². The van der Waals surface area contributed by atoms with E-state index in [1.807, 2.05) is 6.08 Å². The first-order chi connectivity index (χ1) is 6.75. The molecule has 0 N–H and O–H groups in total. The highest BCUT2D eigenvalue weighted by molar-refractivity contribution is 9.09. The van der Waals surface area contributed by atoms with Gasteiger partial charge in [0.1, 0.15) is 0 Å². The van der Waals surface area contributed by atoms with Gasteiger partial charge in [-0.05, 0) is 19.3 Å². The maximum absolute atomic E-state index is 11.7. The Labute approximate surface area is 93.8 Å². The maximum atomic E-state index is 11.7. The number of carbonyl (C=O) groups excluding carboxylic acids is 1. The number of allylic oxidation sites excluding steroid dienone is 2.